The quantitative estimate of drug-likeness (QED) is 0.512. The summed E-state index contributed by atoms with van der Waals surface area (Å²) >= 11 is 0. The van der Waals surface area contributed by atoms with E-state index in [2.05, 4.69) is 45.7 Å². The first kappa shape index (κ1) is 20.6. The maximum Gasteiger partial charge on any atom is 0.250 e. The fourth-order valence-corrected chi connectivity index (χ4v) is 4.17. The van der Waals surface area contributed by atoms with Gasteiger partial charge in [-0.1, -0.05) is 0 Å². The number of anilines is 1. The maximum absolute atomic E-state index is 13.5. The lowest BCUT2D eigenvalue weighted by Crippen LogP contribution is -2.46. The Morgan fingerprint density at radius 3 is 2.66 bits per heavy atom. The minimum absolute atomic E-state index is 0.187. The van der Waals surface area contributed by atoms with Crippen LogP contribution in [0.25, 0.3) is 33.9 Å². The third-order valence-electron chi connectivity index (χ3n) is 6.04. The number of aromatic nitrogens is 5. The van der Waals surface area contributed by atoms with Gasteiger partial charge in [-0.05, 0) is 45.7 Å². The van der Waals surface area contributed by atoms with Gasteiger partial charge in [-0.2, -0.15) is 5.10 Å². The molecule has 32 heavy (non-hydrogen) atoms. The summed E-state index contributed by atoms with van der Waals surface area (Å²) in [6.07, 6.45) is 7.52. The van der Waals surface area contributed by atoms with Gasteiger partial charge >= 0.3 is 0 Å². The zero-order chi connectivity index (χ0) is 22.5. The molecule has 0 radical (unpaired) electrons. The van der Waals surface area contributed by atoms with Crippen LogP contribution in [0, 0.1) is 5.82 Å². The van der Waals surface area contributed by atoms with Gasteiger partial charge in [0, 0.05) is 36.5 Å². The Kier molecular flexibility index (Phi) is 4.93. The number of benzene rings is 1. The predicted octanol–water partition coefficient (Wildman–Crippen LogP) is 4.31. The Balaban J connectivity index is 1.40. The summed E-state index contributed by atoms with van der Waals surface area (Å²) < 4.78 is 21.2. The summed E-state index contributed by atoms with van der Waals surface area (Å²) in [5.41, 5.74) is 8.90. The van der Waals surface area contributed by atoms with E-state index in [0.29, 0.717) is 28.5 Å². The number of likely N-dealkylation sites (tertiary alicyclic amines) is 1. The molecule has 0 aliphatic carbocycles. The van der Waals surface area contributed by atoms with E-state index >= 15 is 0 Å². The molecule has 0 unspecified atom stereocenters. The average Bonchev–Trinajstić information content (AvgIpc) is 3.41. The van der Waals surface area contributed by atoms with Crippen LogP contribution in [0.3, 0.4) is 0 Å². The van der Waals surface area contributed by atoms with Gasteiger partial charge in [0.05, 0.1) is 24.1 Å². The van der Waals surface area contributed by atoms with Gasteiger partial charge in [0.15, 0.2) is 17.1 Å². The molecule has 0 bridgehead atoms. The van der Waals surface area contributed by atoms with E-state index < -0.39 is 5.82 Å². The number of hydrogen-bond donors (Lipinski definition) is 1. The van der Waals surface area contributed by atoms with E-state index in [-0.39, 0.29) is 17.2 Å². The van der Waals surface area contributed by atoms with Crippen molar-refractivity contribution in [2.45, 2.75) is 45.2 Å². The Hall–Kier alpha value is -3.33. The molecule has 0 spiro atoms. The topological polar surface area (TPSA) is 98.9 Å². The summed E-state index contributed by atoms with van der Waals surface area (Å²) in [6.45, 7) is 8.86. The highest BCUT2D eigenvalue weighted by atomic mass is 19.1. The third kappa shape index (κ3) is 3.84. The Bertz CT molecular complexity index is 1270. The van der Waals surface area contributed by atoms with Gasteiger partial charge < -0.3 is 10.2 Å². The van der Waals surface area contributed by atoms with Crippen LogP contribution in [-0.4, -0.2) is 48.3 Å². The molecule has 1 aliphatic rings. The minimum Gasteiger partial charge on any atom is -0.434 e. The molecule has 1 fully saturated rings. The second-order valence-electron chi connectivity index (χ2n) is 9.22. The summed E-state index contributed by atoms with van der Waals surface area (Å²) in [4.78, 5) is 15.8. The number of hydrogen-bond acceptors (Lipinski definition) is 7. The molecule has 1 aromatic carbocycles. The lowest BCUT2D eigenvalue weighted by Gasteiger charge is -2.40. The molecule has 5 rings (SSSR count). The van der Waals surface area contributed by atoms with Crippen LogP contribution in [0.4, 0.5) is 10.2 Å². The van der Waals surface area contributed by atoms with Crippen LogP contribution in [0.15, 0.2) is 41.2 Å². The summed E-state index contributed by atoms with van der Waals surface area (Å²) in [5, 5.41) is 4.59. The Morgan fingerprint density at radius 1 is 1.12 bits per heavy atom. The van der Waals surface area contributed by atoms with Gasteiger partial charge in [-0.25, -0.2) is 19.3 Å². The molecular formula is C23H26FN7O. The van der Waals surface area contributed by atoms with Crippen LogP contribution >= 0.6 is 0 Å². The van der Waals surface area contributed by atoms with Crippen molar-refractivity contribution in [2.24, 2.45) is 0 Å². The van der Waals surface area contributed by atoms with E-state index in [1.54, 1.807) is 18.5 Å². The smallest absolute Gasteiger partial charge is 0.250 e. The van der Waals surface area contributed by atoms with E-state index in [0.717, 1.165) is 31.5 Å². The number of nitrogens with two attached hydrogens (primary N) is 1. The predicted molar refractivity (Wildman–Crippen MR) is 120 cm³/mol. The van der Waals surface area contributed by atoms with Crippen molar-refractivity contribution in [1.82, 2.24) is 29.6 Å². The fraction of sp³-hybridized carbons (Fsp3) is 0.391. The molecule has 166 valence electrons. The van der Waals surface area contributed by atoms with Gasteiger partial charge in [0.2, 0.25) is 5.89 Å². The molecule has 0 atom stereocenters. The molecule has 8 nitrogen and oxygen atoms in total. The summed E-state index contributed by atoms with van der Waals surface area (Å²) in [5.74, 6) is 0.0101. The highest BCUT2D eigenvalue weighted by molar-refractivity contribution is 5.78. The van der Waals surface area contributed by atoms with Crippen molar-refractivity contribution in [3.8, 4) is 22.8 Å². The lowest BCUT2D eigenvalue weighted by molar-refractivity contribution is 0.0870. The normalized spacial score (nSPS) is 16.1. The van der Waals surface area contributed by atoms with Crippen LogP contribution < -0.4 is 5.73 Å². The lowest BCUT2D eigenvalue weighted by atomic mass is 9.98. The molecule has 1 saturated heterocycles. The summed E-state index contributed by atoms with van der Waals surface area (Å²) in [7, 11) is 0. The fourth-order valence-electron chi connectivity index (χ4n) is 4.17. The largest absolute Gasteiger partial charge is 0.434 e. The van der Waals surface area contributed by atoms with Crippen molar-refractivity contribution >= 4 is 16.9 Å². The molecule has 2 N–H and O–H groups in total. The molecule has 1 aliphatic heterocycles. The number of rotatable bonds is 3. The first-order chi connectivity index (χ1) is 15.3. The van der Waals surface area contributed by atoms with Gasteiger partial charge in [0.25, 0.3) is 0 Å². The second-order valence-corrected chi connectivity index (χ2v) is 9.22. The van der Waals surface area contributed by atoms with Crippen molar-refractivity contribution in [1.29, 1.82) is 0 Å². The van der Waals surface area contributed by atoms with Crippen LogP contribution in [0.2, 0.25) is 0 Å². The first-order valence-electron chi connectivity index (χ1n) is 10.8. The van der Waals surface area contributed by atoms with Crippen molar-refractivity contribution < 1.29 is 8.81 Å². The highest BCUT2D eigenvalue weighted by Gasteiger charge is 2.28. The van der Waals surface area contributed by atoms with E-state index in [4.69, 9.17) is 10.2 Å². The zero-order valence-corrected chi connectivity index (χ0v) is 18.4. The van der Waals surface area contributed by atoms with Crippen LogP contribution in [0.5, 0.6) is 0 Å². The molecule has 0 saturated carbocycles. The Morgan fingerprint density at radius 2 is 1.91 bits per heavy atom. The number of piperidine rings is 1. The minimum atomic E-state index is -0.395. The van der Waals surface area contributed by atoms with Gasteiger partial charge in [-0.15, -0.1) is 0 Å². The zero-order valence-electron chi connectivity index (χ0n) is 18.4. The maximum atomic E-state index is 13.5. The van der Waals surface area contributed by atoms with Gasteiger partial charge in [-0.3, -0.25) is 9.58 Å². The third-order valence-corrected chi connectivity index (χ3v) is 6.04. The number of oxazole rings is 1. The monoisotopic (exact) mass is 435 g/mol. The number of fused-ring (bicyclic) bond motifs is 1. The van der Waals surface area contributed by atoms with Gasteiger partial charge in [0.1, 0.15) is 11.3 Å². The van der Waals surface area contributed by atoms with E-state index in [1.807, 2.05) is 10.9 Å². The van der Waals surface area contributed by atoms with Crippen molar-refractivity contribution in [2.75, 3.05) is 18.8 Å². The molecule has 0 amide bonds. The number of halogens is 1. The second kappa shape index (κ2) is 7.67. The molecule has 9 heteroatoms. The van der Waals surface area contributed by atoms with Crippen molar-refractivity contribution in [3.63, 3.8) is 0 Å². The molecule has 3 aromatic heterocycles. The highest BCUT2D eigenvalue weighted by Crippen LogP contribution is 2.30. The average molecular weight is 436 g/mol. The first-order valence-corrected chi connectivity index (χ1v) is 10.8. The van der Waals surface area contributed by atoms with Crippen molar-refractivity contribution in [3.05, 3.63) is 42.6 Å². The van der Waals surface area contributed by atoms with Crippen LogP contribution in [-0.2, 0) is 0 Å². The number of nitrogens with zero attached hydrogens (tertiary/aromatic N) is 6. The molecule has 4 heterocycles. The molecule has 4 aromatic rings. The number of nitrogen functional groups attached to an aromatic ring is 1. The van der Waals surface area contributed by atoms with E-state index in [1.165, 1.54) is 12.1 Å². The van der Waals surface area contributed by atoms with E-state index in [9.17, 15) is 4.39 Å². The van der Waals surface area contributed by atoms with Crippen LogP contribution in [0.1, 0.15) is 39.7 Å². The Labute approximate surface area is 185 Å². The standard InChI is InChI=1S/C23H26FN7O/c1-23(2,3)30-8-6-16(7-9-30)31-13-14(11-27-31)18-12-26-21(25)20(28-18)22-29-17-5-4-15(24)10-19(17)32-22/h4-5,10-13,16H,6-9H2,1-3H3,(H2,25,26). The molecular weight excluding hydrogens is 409 g/mol. The SMILES string of the molecule is CC(C)(C)N1CCC(n2cc(-c3cnc(N)c(-c4nc5ccc(F)cc5o4)n3)cn2)CC1. The summed E-state index contributed by atoms with van der Waals surface area (Å²) in [6, 6.07) is 4.53.